The van der Waals surface area contributed by atoms with Gasteiger partial charge in [0.05, 0.1) is 17.6 Å². The first-order chi connectivity index (χ1) is 10.4. The molecule has 0 atom stereocenters. The normalized spacial score (nSPS) is 11.0. The van der Waals surface area contributed by atoms with E-state index in [9.17, 15) is 0 Å². The summed E-state index contributed by atoms with van der Waals surface area (Å²) >= 11 is 3.43. The van der Waals surface area contributed by atoms with Crippen molar-refractivity contribution in [2.75, 3.05) is 5.32 Å². The fourth-order valence-electron chi connectivity index (χ4n) is 2.15. The van der Waals surface area contributed by atoms with Crippen LogP contribution in [-0.4, -0.2) is 14.6 Å². The van der Waals surface area contributed by atoms with E-state index in [1.165, 1.54) is 9.75 Å². The van der Waals surface area contributed by atoms with Gasteiger partial charge in [-0.2, -0.15) is 0 Å². The standard InChI is InChI=1S/C15H12N4S2/c1-3-11(20-7-1)9-16-14-5-6-15-17-10-12(19(15)18-14)13-4-2-8-21-13/h1-8,10H,9H2,(H,16,18). The average Bonchev–Trinajstić information content (AvgIpc) is 3.24. The summed E-state index contributed by atoms with van der Waals surface area (Å²) in [4.78, 5) is 6.87. The zero-order valence-electron chi connectivity index (χ0n) is 11.1. The minimum atomic E-state index is 0.791. The molecule has 0 aromatic carbocycles. The van der Waals surface area contributed by atoms with Gasteiger partial charge >= 0.3 is 0 Å². The first kappa shape index (κ1) is 12.6. The Kier molecular flexibility index (Phi) is 3.17. The molecule has 0 fully saturated rings. The second-order valence-corrected chi connectivity index (χ2v) is 6.52. The van der Waals surface area contributed by atoms with Gasteiger partial charge in [-0.1, -0.05) is 12.1 Å². The molecule has 1 N–H and O–H groups in total. The summed E-state index contributed by atoms with van der Waals surface area (Å²) in [7, 11) is 0. The maximum absolute atomic E-state index is 4.64. The van der Waals surface area contributed by atoms with Gasteiger partial charge in [-0.15, -0.1) is 27.8 Å². The molecular formula is C15H12N4S2. The van der Waals surface area contributed by atoms with Crippen LogP contribution in [0.2, 0.25) is 0 Å². The van der Waals surface area contributed by atoms with Gasteiger partial charge in [0.15, 0.2) is 5.65 Å². The maximum atomic E-state index is 4.64. The number of thiophene rings is 2. The SMILES string of the molecule is c1csc(CNc2ccc3ncc(-c4cccs4)n3n2)c1. The molecule has 21 heavy (non-hydrogen) atoms. The molecule has 0 aliphatic rings. The van der Waals surface area contributed by atoms with E-state index in [2.05, 4.69) is 44.4 Å². The molecule has 4 aromatic heterocycles. The van der Waals surface area contributed by atoms with Gasteiger partial charge in [0.2, 0.25) is 0 Å². The lowest BCUT2D eigenvalue weighted by molar-refractivity contribution is 0.935. The Morgan fingerprint density at radius 1 is 1.05 bits per heavy atom. The van der Waals surface area contributed by atoms with Crippen LogP contribution >= 0.6 is 22.7 Å². The third-order valence-corrected chi connectivity index (χ3v) is 4.93. The predicted octanol–water partition coefficient (Wildman–Crippen LogP) is 4.13. The van der Waals surface area contributed by atoms with Crippen LogP contribution in [0.15, 0.2) is 53.4 Å². The van der Waals surface area contributed by atoms with E-state index in [1.807, 2.05) is 28.9 Å². The lowest BCUT2D eigenvalue weighted by Gasteiger charge is -2.05. The van der Waals surface area contributed by atoms with Crippen molar-refractivity contribution in [2.24, 2.45) is 0 Å². The monoisotopic (exact) mass is 312 g/mol. The zero-order valence-corrected chi connectivity index (χ0v) is 12.7. The maximum Gasteiger partial charge on any atom is 0.154 e. The number of fused-ring (bicyclic) bond motifs is 1. The Balaban J connectivity index is 1.67. The highest BCUT2D eigenvalue weighted by atomic mass is 32.1. The molecule has 0 radical (unpaired) electrons. The third-order valence-electron chi connectivity index (χ3n) is 3.16. The fourth-order valence-corrected chi connectivity index (χ4v) is 3.52. The Morgan fingerprint density at radius 3 is 2.76 bits per heavy atom. The van der Waals surface area contributed by atoms with Crippen molar-refractivity contribution in [3.05, 3.63) is 58.2 Å². The highest BCUT2D eigenvalue weighted by Crippen LogP contribution is 2.25. The van der Waals surface area contributed by atoms with E-state index in [4.69, 9.17) is 0 Å². The largest absolute Gasteiger partial charge is 0.364 e. The summed E-state index contributed by atoms with van der Waals surface area (Å²) in [6.07, 6.45) is 1.87. The van der Waals surface area contributed by atoms with Crippen LogP contribution in [0.3, 0.4) is 0 Å². The smallest absolute Gasteiger partial charge is 0.154 e. The van der Waals surface area contributed by atoms with Crippen LogP contribution in [-0.2, 0) is 6.54 Å². The Hall–Kier alpha value is -2.18. The number of aromatic nitrogens is 3. The van der Waals surface area contributed by atoms with Crippen LogP contribution in [0.4, 0.5) is 5.82 Å². The van der Waals surface area contributed by atoms with Gasteiger partial charge in [0.1, 0.15) is 11.5 Å². The van der Waals surface area contributed by atoms with Crippen molar-refractivity contribution >= 4 is 34.1 Å². The molecule has 0 bridgehead atoms. The first-order valence-corrected chi connectivity index (χ1v) is 8.31. The van der Waals surface area contributed by atoms with Gasteiger partial charge in [0, 0.05) is 4.88 Å². The number of anilines is 1. The van der Waals surface area contributed by atoms with E-state index in [-0.39, 0.29) is 0 Å². The van der Waals surface area contributed by atoms with Gasteiger partial charge in [0.25, 0.3) is 0 Å². The van der Waals surface area contributed by atoms with Gasteiger partial charge < -0.3 is 5.32 Å². The van der Waals surface area contributed by atoms with Crippen molar-refractivity contribution in [3.8, 4) is 10.6 Å². The minimum absolute atomic E-state index is 0.791. The van der Waals surface area contributed by atoms with E-state index < -0.39 is 0 Å². The number of hydrogen-bond donors (Lipinski definition) is 1. The molecule has 4 heterocycles. The fraction of sp³-hybridized carbons (Fsp3) is 0.0667. The first-order valence-electron chi connectivity index (χ1n) is 6.55. The summed E-state index contributed by atoms with van der Waals surface area (Å²) in [5.41, 5.74) is 1.89. The van der Waals surface area contributed by atoms with E-state index >= 15 is 0 Å². The number of rotatable bonds is 4. The Bertz CT molecular complexity index is 847. The van der Waals surface area contributed by atoms with E-state index in [1.54, 1.807) is 22.7 Å². The molecule has 6 heteroatoms. The number of nitrogens with one attached hydrogen (secondary N) is 1. The van der Waals surface area contributed by atoms with E-state index in [0.717, 1.165) is 23.7 Å². The molecule has 0 spiro atoms. The lowest BCUT2D eigenvalue weighted by atomic mass is 10.4. The highest BCUT2D eigenvalue weighted by Gasteiger charge is 2.08. The molecule has 0 amide bonds. The molecule has 4 aromatic rings. The van der Waals surface area contributed by atoms with Crippen LogP contribution in [0.25, 0.3) is 16.2 Å². The summed E-state index contributed by atoms with van der Waals surface area (Å²) in [5.74, 6) is 0.853. The third kappa shape index (κ3) is 2.43. The molecule has 0 saturated heterocycles. The van der Waals surface area contributed by atoms with Gasteiger partial charge in [-0.25, -0.2) is 9.50 Å². The average molecular weight is 312 g/mol. The second kappa shape index (κ2) is 5.31. The molecular weight excluding hydrogens is 300 g/mol. The van der Waals surface area contributed by atoms with Crippen molar-refractivity contribution in [1.29, 1.82) is 0 Å². The Labute approximate surface area is 129 Å². The highest BCUT2D eigenvalue weighted by molar-refractivity contribution is 7.13. The van der Waals surface area contributed by atoms with Crippen LogP contribution in [0, 0.1) is 0 Å². The van der Waals surface area contributed by atoms with Gasteiger partial charge in [-0.05, 0) is 35.0 Å². The number of hydrogen-bond acceptors (Lipinski definition) is 5. The summed E-state index contributed by atoms with van der Waals surface area (Å²) in [6.45, 7) is 0.791. The minimum Gasteiger partial charge on any atom is -0.364 e. The topological polar surface area (TPSA) is 42.2 Å². The number of nitrogens with zero attached hydrogens (tertiary/aromatic N) is 3. The molecule has 0 saturated carbocycles. The molecule has 4 rings (SSSR count). The molecule has 104 valence electrons. The molecule has 4 nitrogen and oxygen atoms in total. The zero-order chi connectivity index (χ0) is 14.1. The molecule has 0 unspecified atom stereocenters. The second-order valence-electron chi connectivity index (χ2n) is 4.54. The van der Waals surface area contributed by atoms with Crippen LogP contribution < -0.4 is 5.32 Å². The van der Waals surface area contributed by atoms with E-state index in [0.29, 0.717) is 0 Å². The number of imidazole rings is 1. The van der Waals surface area contributed by atoms with Crippen LogP contribution in [0.1, 0.15) is 4.88 Å². The van der Waals surface area contributed by atoms with Gasteiger partial charge in [-0.3, -0.25) is 0 Å². The predicted molar refractivity (Wildman–Crippen MR) is 87.9 cm³/mol. The Morgan fingerprint density at radius 2 is 1.95 bits per heavy atom. The molecule has 0 aliphatic carbocycles. The van der Waals surface area contributed by atoms with Crippen molar-refractivity contribution in [1.82, 2.24) is 14.6 Å². The quantitative estimate of drug-likeness (QED) is 0.616. The summed E-state index contributed by atoms with van der Waals surface area (Å²) in [6, 6.07) is 12.3. The van der Waals surface area contributed by atoms with Crippen molar-refractivity contribution < 1.29 is 0 Å². The summed E-state index contributed by atoms with van der Waals surface area (Å²) < 4.78 is 1.89. The lowest BCUT2D eigenvalue weighted by Crippen LogP contribution is -2.03. The summed E-state index contributed by atoms with van der Waals surface area (Å²) in [5, 5.41) is 12.1. The van der Waals surface area contributed by atoms with Crippen LogP contribution in [0.5, 0.6) is 0 Å². The molecule has 0 aliphatic heterocycles. The van der Waals surface area contributed by atoms with Crippen molar-refractivity contribution in [3.63, 3.8) is 0 Å². The van der Waals surface area contributed by atoms with Crippen molar-refractivity contribution in [2.45, 2.75) is 6.54 Å².